The average molecular weight is 477 g/mol. The molecule has 186 valence electrons. The van der Waals surface area contributed by atoms with E-state index in [2.05, 4.69) is 72.1 Å². The minimum absolute atomic E-state index is 0.131. The summed E-state index contributed by atoms with van der Waals surface area (Å²) in [6.45, 7) is 8.78. The van der Waals surface area contributed by atoms with Gasteiger partial charge in [0.2, 0.25) is 11.7 Å². The topological polar surface area (TPSA) is 84.5 Å². The van der Waals surface area contributed by atoms with E-state index >= 15 is 0 Å². The highest BCUT2D eigenvalue weighted by Gasteiger charge is 2.55. The van der Waals surface area contributed by atoms with Crippen molar-refractivity contribution in [1.29, 1.82) is 0 Å². The molecule has 0 amide bonds. The van der Waals surface area contributed by atoms with Gasteiger partial charge in [0.05, 0.1) is 6.61 Å². The minimum Gasteiger partial charge on any atom is -0.384 e. The van der Waals surface area contributed by atoms with E-state index in [-0.39, 0.29) is 10.8 Å². The summed E-state index contributed by atoms with van der Waals surface area (Å²) < 4.78 is 11.0. The largest absolute Gasteiger partial charge is 0.384 e. The van der Waals surface area contributed by atoms with Crippen molar-refractivity contribution < 1.29 is 14.4 Å². The molecule has 0 bridgehead atoms. The standard InChI is InChI=1S/C28H36N4O3/c1-19(2)20-6-8-22(9-7-20)28(33,26(3)16-32(4)17-26)23-12-21(14-29-15-23)25-30-24(35-31-25)13-27(10-11-27)18-34-5/h6-9,12,14-15,19,33H,10-11,13,16-18H2,1-5H3. The minimum atomic E-state index is -1.21. The third-order valence-electron chi connectivity index (χ3n) is 7.92. The van der Waals surface area contributed by atoms with Crippen LogP contribution >= 0.6 is 0 Å². The van der Waals surface area contributed by atoms with Gasteiger partial charge >= 0.3 is 0 Å². The van der Waals surface area contributed by atoms with Crippen LogP contribution in [0.15, 0.2) is 47.2 Å². The SMILES string of the molecule is COCC1(Cc2nc(-c3cncc(C(O)(c4ccc(C(C)C)cc4)C4(C)CN(C)C4)c3)no2)CC1. The smallest absolute Gasteiger partial charge is 0.227 e. The van der Waals surface area contributed by atoms with Crippen molar-refractivity contribution in [2.24, 2.45) is 10.8 Å². The van der Waals surface area contributed by atoms with Crippen LogP contribution < -0.4 is 0 Å². The van der Waals surface area contributed by atoms with Crippen molar-refractivity contribution >= 4 is 0 Å². The number of methoxy groups -OCH3 is 1. The maximum atomic E-state index is 12.4. The normalized spacial score (nSPS) is 20.4. The van der Waals surface area contributed by atoms with Crippen molar-refractivity contribution in [1.82, 2.24) is 20.0 Å². The van der Waals surface area contributed by atoms with Crippen LogP contribution in [0.1, 0.15) is 62.1 Å². The van der Waals surface area contributed by atoms with E-state index in [1.165, 1.54) is 5.56 Å². The molecule has 1 unspecified atom stereocenters. The lowest BCUT2D eigenvalue weighted by Gasteiger charge is -2.55. The molecule has 1 saturated heterocycles. The third kappa shape index (κ3) is 4.30. The second-order valence-electron chi connectivity index (χ2n) is 11.3. The molecule has 35 heavy (non-hydrogen) atoms. The molecule has 0 radical (unpaired) electrons. The number of hydrogen-bond donors (Lipinski definition) is 1. The summed E-state index contributed by atoms with van der Waals surface area (Å²) >= 11 is 0. The highest BCUT2D eigenvalue weighted by molar-refractivity contribution is 5.56. The Morgan fingerprint density at radius 2 is 1.86 bits per heavy atom. The molecule has 1 saturated carbocycles. The molecule has 0 spiro atoms. The lowest BCUT2D eigenvalue weighted by molar-refractivity contribution is -0.127. The fourth-order valence-electron chi connectivity index (χ4n) is 5.73. The number of nitrogens with zero attached hydrogens (tertiary/aromatic N) is 4. The summed E-state index contributed by atoms with van der Waals surface area (Å²) in [5.41, 5.74) is 2.17. The molecular weight excluding hydrogens is 440 g/mol. The maximum absolute atomic E-state index is 12.4. The molecule has 7 heteroatoms. The number of ether oxygens (including phenoxy) is 1. The first kappa shape index (κ1) is 24.1. The number of hydrogen-bond acceptors (Lipinski definition) is 7. The molecule has 2 aromatic heterocycles. The van der Waals surface area contributed by atoms with E-state index in [1.54, 1.807) is 19.5 Å². The number of pyridine rings is 1. The number of rotatable bonds is 9. The zero-order valence-electron chi connectivity index (χ0n) is 21.4. The maximum Gasteiger partial charge on any atom is 0.227 e. The molecule has 2 aliphatic rings. The van der Waals surface area contributed by atoms with Gasteiger partial charge in [-0.3, -0.25) is 4.98 Å². The first-order valence-corrected chi connectivity index (χ1v) is 12.5. The van der Waals surface area contributed by atoms with Crippen LogP contribution in [0.3, 0.4) is 0 Å². The molecule has 1 N–H and O–H groups in total. The third-order valence-corrected chi connectivity index (χ3v) is 7.92. The molecule has 5 rings (SSSR count). The highest BCUT2D eigenvalue weighted by Crippen LogP contribution is 2.51. The van der Waals surface area contributed by atoms with Crippen molar-refractivity contribution in [3.05, 3.63) is 65.3 Å². The van der Waals surface area contributed by atoms with E-state index in [9.17, 15) is 5.11 Å². The average Bonchev–Trinajstić information content (AvgIpc) is 3.42. The molecule has 7 nitrogen and oxygen atoms in total. The zero-order chi connectivity index (χ0) is 24.8. The quantitative estimate of drug-likeness (QED) is 0.490. The highest BCUT2D eigenvalue weighted by atomic mass is 16.5. The Morgan fingerprint density at radius 1 is 1.14 bits per heavy atom. The molecular formula is C28H36N4O3. The van der Waals surface area contributed by atoms with E-state index < -0.39 is 5.60 Å². The summed E-state index contributed by atoms with van der Waals surface area (Å²) in [6, 6.07) is 10.3. The number of likely N-dealkylation sites (tertiary alicyclic amines) is 1. The summed E-state index contributed by atoms with van der Waals surface area (Å²) in [6.07, 6.45) is 6.45. The van der Waals surface area contributed by atoms with Gasteiger partial charge in [0.15, 0.2) is 0 Å². The van der Waals surface area contributed by atoms with Crippen LogP contribution in [-0.2, 0) is 16.8 Å². The number of benzene rings is 1. The Balaban J connectivity index is 1.49. The summed E-state index contributed by atoms with van der Waals surface area (Å²) in [5.74, 6) is 1.54. The molecule has 1 atom stereocenters. The number of aliphatic hydroxyl groups is 1. The second kappa shape index (κ2) is 8.80. The number of aromatic nitrogens is 3. The van der Waals surface area contributed by atoms with Gasteiger partial charge in [-0.25, -0.2) is 0 Å². The summed E-state index contributed by atoms with van der Waals surface area (Å²) in [5, 5.41) is 16.7. The summed E-state index contributed by atoms with van der Waals surface area (Å²) in [7, 11) is 3.81. The Labute approximate surface area is 207 Å². The van der Waals surface area contributed by atoms with Crippen LogP contribution in [0.5, 0.6) is 0 Å². The van der Waals surface area contributed by atoms with Gasteiger partial charge in [0.1, 0.15) is 5.60 Å². The van der Waals surface area contributed by atoms with Gasteiger partial charge in [-0.2, -0.15) is 4.98 Å². The Morgan fingerprint density at radius 3 is 2.46 bits per heavy atom. The van der Waals surface area contributed by atoms with Gasteiger partial charge in [-0.1, -0.05) is 50.2 Å². The Kier molecular flexibility index (Phi) is 6.06. The first-order valence-electron chi connectivity index (χ1n) is 12.5. The fourth-order valence-corrected chi connectivity index (χ4v) is 5.73. The van der Waals surface area contributed by atoms with Crippen LogP contribution in [0.2, 0.25) is 0 Å². The first-order chi connectivity index (χ1) is 16.7. The van der Waals surface area contributed by atoms with Crippen molar-refractivity contribution in [3.63, 3.8) is 0 Å². The van der Waals surface area contributed by atoms with Crippen molar-refractivity contribution in [2.75, 3.05) is 33.9 Å². The molecule has 2 fully saturated rings. The van der Waals surface area contributed by atoms with E-state index in [0.29, 0.717) is 24.2 Å². The monoisotopic (exact) mass is 476 g/mol. The summed E-state index contributed by atoms with van der Waals surface area (Å²) in [4.78, 5) is 11.4. The molecule has 3 aromatic rings. The lowest BCUT2D eigenvalue weighted by Crippen LogP contribution is -2.63. The van der Waals surface area contributed by atoms with E-state index in [1.807, 2.05) is 6.07 Å². The second-order valence-corrected chi connectivity index (χ2v) is 11.3. The van der Waals surface area contributed by atoms with Crippen LogP contribution in [-0.4, -0.2) is 59.0 Å². The van der Waals surface area contributed by atoms with Crippen LogP contribution in [0.25, 0.3) is 11.4 Å². The Bertz CT molecular complexity index is 1180. The van der Waals surface area contributed by atoms with Crippen LogP contribution in [0.4, 0.5) is 0 Å². The van der Waals surface area contributed by atoms with Gasteiger partial charge in [-0.05, 0) is 43.0 Å². The van der Waals surface area contributed by atoms with Gasteiger partial charge in [-0.15, -0.1) is 0 Å². The van der Waals surface area contributed by atoms with Gasteiger partial charge < -0.3 is 19.3 Å². The van der Waals surface area contributed by atoms with Crippen molar-refractivity contribution in [2.45, 2.75) is 51.6 Å². The van der Waals surface area contributed by atoms with Crippen LogP contribution in [0, 0.1) is 10.8 Å². The van der Waals surface area contributed by atoms with Gasteiger partial charge in [0, 0.05) is 61.0 Å². The van der Waals surface area contributed by atoms with Gasteiger partial charge in [0.25, 0.3) is 0 Å². The molecule has 1 aromatic carbocycles. The van der Waals surface area contributed by atoms with Crippen molar-refractivity contribution in [3.8, 4) is 11.4 Å². The molecule has 1 aliphatic heterocycles. The van der Waals surface area contributed by atoms with E-state index in [4.69, 9.17) is 9.26 Å². The van der Waals surface area contributed by atoms with E-state index in [0.717, 1.165) is 49.0 Å². The predicted molar refractivity (Wildman–Crippen MR) is 134 cm³/mol. The zero-order valence-corrected chi connectivity index (χ0v) is 21.4. The molecule has 1 aliphatic carbocycles. The molecule has 3 heterocycles. The lowest BCUT2D eigenvalue weighted by atomic mass is 9.62. The predicted octanol–water partition coefficient (Wildman–Crippen LogP) is 4.41. The Hall–Kier alpha value is -2.61. The fraction of sp³-hybridized carbons (Fsp3) is 0.536.